The van der Waals surface area contributed by atoms with E-state index in [4.69, 9.17) is 4.99 Å². The highest BCUT2D eigenvalue weighted by molar-refractivity contribution is 7.89. The molecular weight excluding hydrogens is 476 g/mol. The highest BCUT2D eigenvalue weighted by Gasteiger charge is 2.48. The van der Waals surface area contributed by atoms with Gasteiger partial charge in [-0.15, -0.1) is 0 Å². The third-order valence-electron chi connectivity index (χ3n) is 8.35. The lowest BCUT2D eigenvalue weighted by Gasteiger charge is -2.34. The van der Waals surface area contributed by atoms with Crippen molar-refractivity contribution in [1.82, 2.24) is 9.62 Å². The fourth-order valence-corrected chi connectivity index (χ4v) is 7.49. The molecule has 4 rings (SSSR count). The second-order valence-electron chi connectivity index (χ2n) is 11.1. The predicted molar refractivity (Wildman–Crippen MR) is 143 cm³/mol. The Morgan fingerprint density at radius 3 is 2.28 bits per heavy atom. The van der Waals surface area contributed by atoms with Gasteiger partial charge in [0.1, 0.15) is 11.4 Å². The number of anilines is 1. The second kappa shape index (κ2) is 10.2. The lowest BCUT2D eigenvalue weighted by atomic mass is 9.82. The van der Waals surface area contributed by atoms with Crippen molar-refractivity contribution < 1.29 is 18.0 Å². The fraction of sp³-hybridized carbons (Fsp3) is 0.667. The zero-order valence-electron chi connectivity index (χ0n) is 22.3. The Morgan fingerprint density at radius 2 is 1.72 bits per heavy atom. The van der Waals surface area contributed by atoms with Gasteiger partial charge < -0.3 is 10.2 Å². The predicted octanol–water partition coefficient (Wildman–Crippen LogP) is 3.35. The van der Waals surface area contributed by atoms with Crippen LogP contribution in [0.4, 0.5) is 5.69 Å². The van der Waals surface area contributed by atoms with Crippen LogP contribution < -0.4 is 10.2 Å². The van der Waals surface area contributed by atoms with Crippen LogP contribution in [0.2, 0.25) is 0 Å². The lowest BCUT2D eigenvalue weighted by Crippen LogP contribution is -2.51. The van der Waals surface area contributed by atoms with Crippen LogP contribution in [0.1, 0.15) is 69.1 Å². The summed E-state index contributed by atoms with van der Waals surface area (Å²) in [5.74, 6) is 1.79. The Bertz CT molecular complexity index is 1140. The van der Waals surface area contributed by atoms with Gasteiger partial charge in [-0.25, -0.2) is 12.7 Å². The van der Waals surface area contributed by atoms with Crippen LogP contribution in [0.3, 0.4) is 0 Å². The first-order valence-electron chi connectivity index (χ1n) is 13.2. The molecule has 8 nitrogen and oxygen atoms in total. The summed E-state index contributed by atoms with van der Waals surface area (Å²) in [6.45, 7) is 8.31. The van der Waals surface area contributed by atoms with E-state index in [1.54, 1.807) is 11.9 Å². The van der Waals surface area contributed by atoms with Gasteiger partial charge >= 0.3 is 0 Å². The van der Waals surface area contributed by atoms with Gasteiger partial charge in [0.05, 0.1) is 5.75 Å². The number of amides is 2. The van der Waals surface area contributed by atoms with E-state index >= 15 is 0 Å². The molecule has 9 heteroatoms. The van der Waals surface area contributed by atoms with Gasteiger partial charge in [0.15, 0.2) is 0 Å². The van der Waals surface area contributed by atoms with Crippen molar-refractivity contribution in [2.45, 2.75) is 78.2 Å². The molecule has 2 aliphatic heterocycles. The van der Waals surface area contributed by atoms with Gasteiger partial charge in [0.25, 0.3) is 5.91 Å². The van der Waals surface area contributed by atoms with Crippen molar-refractivity contribution in [2.75, 3.05) is 30.8 Å². The molecule has 1 spiro atoms. The summed E-state index contributed by atoms with van der Waals surface area (Å²) in [7, 11) is -1.71. The first-order chi connectivity index (χ1) is 16.9. The molecule has 2 heterocycles. The summed E-state index contributed by atoms with van der Waals surface area (Å²) in [4.78, 5) is 31.2. The van der Waals surface area contributed by atoms with E-state index in [0.29, 0.717) is 38.3 Å². The van der Waals surface area contributed by atoms with Crippen molar-refractivity contribution in [2.24, 2.45) is 16.8 Å². The Kier molecular flexibility index (Phi) is 7.62. The molecule has 3 aliphatic rings. The molecule has 1 aliphatic carbocycles. The number of carbonyl (C=O) groups excluding carboxylic acids is 2. The fourth-order valence-electron chi connectivity index (χ4n) is 5.99. The number of hydrogen-bond acceptors (Lipinski definition) is 5. The van der Waals surface area contributed by atoms with Crippen molar-refractivity contribution in [3.63, 3.8) is 0 Å². The first kappa shape index (κ1) is 26.8. The molecule has 0 atom stereocenters. The van der Waals surface area contributed by atoms with Crippen LogP contribution in [0, 0.1) is 25.7 Å². The number of nitrogens with zero attached hydrogens (tertiary/aromatic N) is 3. The maximum Gasteiger partial charge on any atom is 0.253 e. The van der Waals surface area contributed by atoms with Gasteiger partial charge in [-0.1, -0.05) is 31.9 Å². The molecule has 198 valence electrons. The van der Waals surface area contributed by atoms with Crippen molar-refractivity contribution in [1.29, 1.82) is 0 Å². The normalized spacial score (nSPS) is 24.5. The number of benzene rings is 1. The standard InChI is InChI=1S/C27H40N4O4S/c1-18-6-8-23(9-7-18)25-28-26(33)27(29-25)11-13-31(14-12-27)36(34,35)15-10-22-16-19(2)24(20(3)17-22)30(5)21(4)32/h16-18,23H,6-15H2,1-5H3,(H,28,29,33). The topological polar surface area (TPSA) is 99.2 Å². The largest absolute Gasteiger partial charge is 0.315 e. The number of piperidine rings is 1. The van der Waals surface area contributed by atoms with Crippen LogP contribution in [-0.2, 0) is 26.0 Å². The molecule has 2 amide bonds. The van der Waals surface area contributed by atoms with Crippen LogP contribution in [0.5, 0.6) is 0 Å². The van der Waals surface area contributed by atoms with Gasteiger partial charge in [-0.2, -0.15) is 0 Å². The third kappa shape index (κ3) is 5.37. The molecule has 1 saturated carbocycles. The maximum atomic E-state index is 13.2. The minimum absolute atomic E-state index is 0.0156. The zero-order chi connectivity index (χ0) is 26.3. The summed E-state index contributed by atoms with van der Waals surface area (Å²) >= 11 is 0. The van der Waals surface area contributed by atoms with E-state index in [1.807, 2.05) is 26.0 Å². The molecule has 0 aromatic heterocycles. The Morgan fingerprint density at radius 1 is 1.14 bits per heavy atom. The highest BCUT2D eigenvalue weighted by Crippen LogP contribution is 2.36. The van der Waals surface area contributed by atoms with Crippen molar-refractivity contribution >= 4 is 33.4 Å². The number of rotatable bonds is 6. The molecule has 1 aromatic carbocycles. The van der Waals surface area contributed by atoms with E-state index in [1.165, 1.54) is 11.2 Å². The second-order valence-corrected chi connectivity index (χ2v) is 13.1. The van der Waals surface area contributed by atoms with Crippen LogP contribution in [0.25, 0.3) is 0 Å². The maximum absolute atomic E-state index is 13.2. The van der Waals surface area contributed by atoms with Crippen molar-refractivity contribution in [3.05, 3.63) is 28.8 Å². The van der Waals surface area contributed by atoms with Crippen molar-refractivity contribution in [3.8, 4) is 0 Å². The molecule has 2 fully saturated rings. The molecule has 36 heavy (non-hydrogen) atoms. The summed E-state index contributed by atoms with van der Waals surface area (Å²) in [6, 6.07) is 3.93. The lowest BCUT2D eigenvalue weighted by molar-refractivity contribution is -0.125. The molecule has 1 N–H and O–H groups in total. The molecule has 1 aromatic rings. The van der Waals surface area contributed by atoms with Gasteiger partial charge in [0, 0.05) is 38.7 Å². The minimum Gasteiger partial charge on any atom is -0.315 e. The quantitative estimate of drug-likeness (QED) is 0.627. The number of amidine groups is 1. The number of nitrogens with one attached hydrogen (secondary N) is 1. The molecule has 0 bridgehead atoms. The number of aliphatic imine (C=N–C) groups is 1. The summed E-state index contributed by atoms with van der Waals surface area (Å²) in [5, 5.41) is 3.05. The zero-order valence-corrected chi connectivity index (χ0v) is 23.1. The number of aryl methyl sites for hydroxylation is 3. The average Bonchev–Trinajstić information content (AvgIpc) is 3.13. The van der Waals surface area contributed by atoms with E-state index < -0.39 is 15.6 Å². The smallest absolute Gasteiger partial charge is 0.253 e. The molecule has 0 radical (unpaired) electrons. The van der Waals surface area contributed by atoms with E-state index in [-0.39, 0.29) is 17.6 Å². The Labute approximate surface area is 215 Å². The monoisotopic (exact) mass is 516 g/mol. The highest BCUT2D eigenvalue weighted by atomic mass is 32.2. The number of carbonyl (C=O) groups is 2. The first-order valence-corrected chi connectivity index (χ1v) is 14.8. The molecule has 1 saturated heterocycles. The molecular formula is C27H40N4O4S. The van der Waals surface area contributed by atoms with Crippen LogP contribution >= 0.6 is 0 Å². The minimum atomic E-state index is -3.46. The molecule has 0 unspecified atom stereocenters. The summed E-state index contributed by atoms with van der Waals surface area (Å²) in [5.41, 5.74) is 2.90. The average molecular weight is 517 g/mol. The number of hydrogen-bond donors (Lipinski definition) is 1. The number of sulfonamides is 1. The van der Waals surface area contributed by atoms with E-state index in [0.717, 1.165) is 59.8 Å². The summed E-state index contributed by atoms with van der Waals surface area (Å²) < 4.78 is 27.8. The Balaban J connectivity index is 1.38. The van der Waals surface area contributed by atoms with Crippen LogP contribution in [0.15, 0.2) is 17.1 Å². The van der Waals surface area contributed by atoms with E-state index in [2.05, 4.69) is 12.2 Å². The van der Waals surface area contributed by atoms with Gasteiger partial charge in [-0.3, -0.25) is 14.6 Å². The van der Waals surface area contributed by atoms with Crippen LogP contribution in [-0.4, -0.2) is 61.8 Å². The SMILES string of the molecule is CC(=O)N(C)c1c(C)cc(CCS(=O)(=O)N2CCC3(CC2)N=C(C2CCC(C)CC2)NC3=O)cc1C. The third-order valence-corrected chi connectivity index (χ3v) is 10.2. The van der Waals surface area contributed by atoms with E-state index in [9.17, 15) is 18.0 Å². The summed E-state index contributed by atoms with van der Waals surface area (Å²) in [6.07, 6.45) is 5.69. The van der Waals surface area contributed by atoms with Gasteiger partial charge in [-0.05, 0) is 68.6 Å². The Hall–Kier alpha value is -2.26. The van der Waals surface area contributed by atoms with Gasteiger partial charge in [0.2, 0.25) is 15.9 Å².